The van der Waals surface area contributed by atoms with Gasteiger partial charge in [-0.1, -0.05) is 123 Å². The molecule has 4 N–H and O–H groups in total. The first-order valence-electron chi connectivity index (χ1n) is 17.3. The van der Waals surface area contributed by atoms with Crippen LogP contribution in [0.2, 0.25) is 0 Å². The number of para-hydroxylation sites is 2. The Morgan fingerprint density at radius 2 is 0.830 bits per heavy atom. The Balaban J connectivity index is 0.000000232. The zero-order valence-corrected chi connectivity index (χ0v) is 30.2. The van der Waals surface area contributed by atoms with Crippen molar-refractivity contribution in [1.82, 2.24) is 10.6 Å². The fraction of sp³-hybridized carbons (Fsp3) is 0.238. The number of unbranched alkanes of at least 4 members (excludes halogenated alkanes) is 2. The normalized spacial score (nSPS) is 14.8. The zero-order valence-electron chi connectivity index (χ0n) is 29.3. The summed E-state index contributed by atoms with van der Waals surface area (Å²) in [6.45, 7) is 5.16. The van der Waals surface area contributed by atoms with E-state index < -0.39 is 46.7 Å². The van der Waals surface area contributed by atoms with Crippen molar-refractivity contribution in [2.45, 2.75) is 51.6 Å². The number of phenols is 2. The van der Waals surface area contributed by atoms with Crippen molar-refractivity contribution in [3.63, 3.8) is 0 Å². The molecule has 2 unspecified atom stereocenters. The maximum Gasteiger partial charge on any atom is 2.00 e. The maximum atomic E-state index is 13.0. The number of fused-ring (bicyclic) bond motifs is 2. The van der Waals surface area contributed by atoms with E-state index in [-0.39, 0.29) is 62.0 Å². The van der Waals surface area contributed by atoms with Crippen LogP contribution < -0.4 is 20.8 Å². The third-order valence-electron chi connectivity index (χ3n) is 9.05. The second kappa shape index (κ2) is 18.4. The smallest absolute Gasteiger partial charge is 0.872 e. The number of aromatic hydroxyl groups is 2. The van der Waals surface area contributed by atoms with Gasteiger partial charge in [0.1, 0.15) is 11.5 Å². The summed E-state index contributed by atoms with van der Waals surface area (Å²) in [5.74, 6) is -4.00. The zero-order chi connectivity index (χ0) is 37.4. The molecule has 10 nitrogen and oxygen atoms in total. The van der Waals surface area contributed by atoms with E-state index in [0.717, 1.165) is 25.7 Å². The minimum Gasteiger partial charge on any atom is -0.872 e. The van der Waals surface area contributed by atoms with Crippen LogP contribution in [0.1, 0.15) is 94.6 Å². The van der Waals surface area contributed by atoms with E-state index in [9.17, 15) is 39.6 Å². The van der Waals surface area contributed by atoms with Crippen molar-refractivity contribution in [2.24, 2.45) is 0 Å². The molecule has 6 rings (SSSR count). The number of phenolic OH excluding ortho intramolecular Hbond substituents is 2. The van der Waals surface area contributed by atoms with Gasteiger partial charge < -0.3 is 31.1 Å². The molecule has 0 heterocycles. The fourth-order valence-corrected chi connectivity index (χ4v) is 6.31. The number of carbonyl (C=O) groups is 4. The number of hydrogen-bond acceptors (Lipinski definition) is 10. The molecule has 2 atom stereocenters. The number of Topliss-reactive ketones (excluding diaryl/α,β-unsaturated/α-hetero) is 4. The van der Waals surface area contributed by atoms with Crippen LogP contribution in [0, 0.1) is 0 Å². The molecular weight excluding hydrogens is 724 g/mol. The molecule has 11 heteroatoms. The number of rotatable bonds is 12. The van der Waals surface area contributed by atoms with Crippen LogP contribution in [-0.2, 0) is 26.7 Å². The number of benzene rings is 4. The Hall–Kier alpha value is -5.32. The van der Waals surface area contributed by atoms with E-state index in [0.29, 0.717) is 24.2 Å². The van der Waals surface area contributed by atoms with Crippen molar-refractivity contribution in [3.8, 4) is 11.5 Å². The molecule has 0 saturated heterocycles. The molecule has 277 valence electrons. The fourth-order valence-electron chi connectivity index (χ4n) is 6.31. The molecule has 2 aliphatic carbocycles. The summed E-state index contributed by atoms with van der Waals surface area (Å²) in [5.41, 5.74) is 1.28. The van der Waals surface area contributed by atoms with Gasteiger partial charge in [0.05, 0.1) is 12.1 Å². The third kappa shape index (κ3) is 8.50. The molecule has 0 spiro atoms. The van der Waals surface area contributed by atoms with Crippen LogP contribution >= 0.6 is 0 Å². The van der Waals surface area contributed by atoms with Crippen LogP contribution in [0.4, 0.5) is 0 Å². The Kier molecular flexibility index (Phi) is 14.1. The molecule has 4 aromatic carbocycles. The molecular formula is C42H40CuN2O8. The molecule has 1 radical (unpaired) electrons. The van der Waals surface area contributed by atoms with Crippen molar-refractivity contribution in [2.75, 3.05) is 13.1 Å². The summed E-state index contributed by atoms with van der Waals surface area (Å²) in [7, 11) is 0. The van der Waals surface area contributed by atoms with Gasteiger partial charge in [-0.05, 0) is 49.2 Å². The minimum absolute atomic E-state index is 0. The number of carbonyl (C=O) groups excluding carboxylic acids is 4. The van der Waals surface area contributed by atoms with Crippen LogP contribution in [0.3, 0.4) is 0 Å². The maximum absolute atomic E-state index is 13.0. The van der Waals surface area contributed by atoms with Gasteiger partial charge in [0.25, 0.3) is 0 Å². The molecule has 0 bridgehead atoms. The summed E-state index contributed by atoms with van der Waals surface area (Å²) < 4.78 is 0. The molecule has 0 aromatic heterocycles. The van der Waals surface area contributed by atoms with Gasteiger partial charge in [-0.2, -0.15) is 0 Å². The Labute approximate surface area is 318 Å². The summed E-state index contributed by atoms with van der Waals surface area (Å²) in [4.78, 5) is 50.5. The first-order valence-corrected chi connectivity index (χ1v) is 17.3. The summed E-state index contributed by atoms with van der Waals surface area (Å²) in [6, 6.07) is 24.1. The van der Waals surface area contributed by atoms with Gasteiger partial charge in [0, 0.05) is 33.4 Å². The minimum atomic E-state index is -0.833. The van der Waals surface area contributed by atoms with Crippen LogP contribution in [0.15, 0.2) is 108 Å². The number of ketones is 4. The standard InChI is InChI=1S/2C21H21NO4.Cu/c2*1-2-3-12-22-18(15-10-6-7-11-16(15)23)17-19(24)13-8-4-5-9-14(13)20(25)21(17)26;/h2*4-11,18,22-24H,2-3,12H2,1H3;/q;;+2/p-2. The SMILES string of the molecule is CCCCNC(C1=C([O-])c2ccccc2C(=O)C1=O)c1ccccc1O.CCCCNC(C1=C([O-])c2ccccc2C(=O)C1=O)c1ccccc1O.[Cu+2]. The summed E-state index contributed by atoms with van der Waals surface area (Å²) in [6.07, 6.45) is 3.54. The van der Waals surface area contributed by atoms with E-state index >= 15 is 0 Å². The van der Waals surface area contributed by atoms with Gasteiger partial charge in [-0.3, -0.25) is 19.2 Å². The molecule has 53 heavy (non-hydrogen) atoms. The molecule has 0 saturated carbocycles. The van der Waals surface area contributed by atoms with Crippen molar-refractivity contribution in [1.29, 1.82) is 0 Å². The average Bonchev–Trinajstić information content (AvgIpc) is 3.16. The van der Waals surface area contributed by atoms with Gasteiger partial charge in [-0.25, -0.2) is 0 Å². The van der Waals surface area contributed by atoms with Crippen molar-refractivity contribution < 1.29 is 56.7 Å². The largest absolute Gasteiger partial charge is 2.00 e. The first-order chi connectivity index (χ1) is 25.1. The van der Waals surface area contributed by atoms with Crippen molar-refractivity contribution in [3.05, 3.63) is 142 Å². The van der Waals surface area contributed by atoms with Gasteiger partial charge >= 0.3 is 17.1 Å². The summed E-state index contributed by atoms with van der Waals surface area (Å²) in [5, 5.41) is 52.8. The quantitative estimate of drug-likeness (QED) is 0.0897. The van der Waals surface area contributed by atoms with E-state index in [4.69, 9.17) is 0 Å². The molecule has 0 amide bonds. The predicted molar refractivity (Wildman–Crippen MR) is 193 cm³/mol. The van der Waals surface area contributed by atoms with E-state index in [1.165, 1.54) is 24.3 Å². The molecule has 4 aromatic rings. The monoisotopic (exact) mass is 763 g/mol. The van der Waals surface area contributed by atoms with Crippen molar-refractivity contribution >= 4 is 34.7 Å². The topological polar surface area (TPSA) is 179 Å². The van der Waals surface area contributed by atoms with Gasteiger partial charge in [-0.15, -0.1) is 0 Å². The first kappa shape index (κ1) is 40.5. The second-order valence-electron chi connectivity index (χ2n) is 12.5. The number of nitrogens with one attached hydrogen (secondary N) is 2. The van der Waals surface area contributed by atoms with Gasteiger partial charge in [0.15, 0.2) is 0 Å². The molecule has 0 fully saturated rings. The second-order valence-corrected chi connectivity index (χ2v) is 12.5. The van der Waals surface area contributed by atoms with E-state index in [1.54, 1.807) is 72.8 Å². The van der Waals surface area contributed by atoms with Crippen LogP contribution in [0.25, 0.3) is 11.5 Å². The van der Waals surface area contributed by atoms with E-state index in [2.05, 4.69) is 10.6 Å². The van der Waals surface area contributed by atoms with Crippen LogP contribution in [0.5, 0.6) is 11.5 Å². The third-order valence-corrected chi connectivity index (χ3v) is 9.05. The van der Waals surface area contributed by atoms with Gasteiger partial charge in [0.2, 0.25) is 23.1 Å². The number of hydrogen-bond donors (Lipinski definition) is 4. The molecule has 2 aliphatic rings. The molecule has 0 aliphatic heterocycles. The van der Waals surface area contributed by atoms with Crippen LogP contribution in [-0.4, -0.2) is 46.4 Å². The van der Waals surface area contributed by atoms with E-state index in [1.807, 2.05) is 13.8 Å². The predicted octanol–water partition coefficient (Wildman–Crippen LogP) is 4.72. The Morgan fingerprint density at radius 3 is 1.17 bits per heavy atom. The Bertz CT molecular complexity index is 1920. The Morgan fingerprint density at radius 1 is 0.509 bits per heavy atom. The summed E-state index contributed by atoms with van der Waals surface area (Å²) >= 11 is 0. The average molecular weight is 764 g/mol.